The standard InChI is InChI=1S/C14H14N6O2/c21-14(22)17-13-19-18-12-11(16-8-9-20(12)13)15-7-6-10-4-2-1-3-5-10/h1-5,8-9H,6-7H2,(H,15,16)(H,17,19)(H,21,22). The van der Waals surface area contributed by atoms with Crippen LogP contribution in [0, 0.1) is 0 Å². The lowest BCUT2D eigenvalue weighted by Gasteiger charge is -2.06. The molecule has 0 saturated heterocycles. The molecular weight excluding hydrogens is 284 g/mol. The van der Waals surface area contributed by atoms with Crippen LogP contribution in [0.3, 0.4) is 0 Å². The molecule has 1 aromatic carbocycles. The summed E-state index contributed by atoms with van der Waals surface area (Å²) in [5, 5.41) is 21.9. The predicted octanol–water partition coefficient (Wildman–Crippen LogP) is 1.87. The quantitative estimate of drug-likeness (QED) is 0.664. The summed E-state index contributed by atoms with van der Waals surface area (Å²) in [6.45, 7) is 0.686. The Kier molecular flexibility index (Phi) is 3.82. The minimum absolute atomic E-state index is 0.135. The molecular formula is C14H14N6O2. The Hall–Kier alpha value is -3.16. The number of fused-ring (bicyclic) bond motifs is 1. The first-order chi connectivity index (χ1) is 10.7. The molecule has 0 bridgehead atoms. The monoisotopic (exact) mass is 298 g/mol. The summed E-state index contributed by atoms with van der Waals surface area (Å²) in [4.78, 5) is 14.9. The molecule has 0 radical (unpaired) electrons. The topological polar surface area (TPSA) is 104 Å². The van der Waals surface area contributed by atoms with Gasteiger partial charge in [0, 0.05) is 18.9 Å². The number of hydrogen-bond acceptors (Lipinski definition) is 5. The number of anilines is 2. The van der Waals surface area contributed by atoms with Crippen molar-refractivity contribution in [3.63, 3.8) is 0 Å². The minimum atomic E-state index is -1.19. The first-order valence-corrected chi connectivity index (χ1v) is 6.71. The van der Waals surface area contributed by atoms with Gasteiger partial charge in [0.15, 0.2) is 5.82 Å². The van der Waals surface area contributed by atoms with Gasteiger partial charge in [0.05, 0.1) is 0 Å². The molecule has 0 fully saturated rings. The van der Waals surface area contributed by atoms with Gasteiger partial charge in [0.1, 0.15) is 0 Å². The Balaban J connectivity index is 1.74. The van der Waals surface area contributed by atoms with Gasteiger partial charge in [0.25, 0.3) is 0 Å². The van der Waals surface area contributed by atoms with E-state index in [1.54, 1.807) is 12.4 Å². The van der Waals surface area contributed by atoms with Crippen molar-refractivity contribution in [2.75, 3.05) is 17.2 Å². The number of benzene rings is 1. The normalized spacial score (nSPS) is 10.5. The average Bonchev–Trinajstić information content (AvgIpc) is 2.92. The van der Waals surface area contributed by atoms with Crippen molar-refractivity contribution in [2.45, 2.75) is 6.42 Å². The molecule has 3 rings (SSSR count). The van der Waals surface area contributed by atoms with Gasteiger partial charge in [-0.1, -0.05) is 30.3 Å². The van der Waals surface area contributed by atoms with Crippen LogP contribution in [0.5, 0.6) is 0 Å². The van der Waals surface area contributed by atoms with E-state index in [4.69, 9.17) is 5.11 Å². The van der Waals surface area contributed by atoms with Gasteiger partial charge < -0.3 is 10.4 Å². The first-order valence-electron chi connectivity index (χ1n) is 6.71. The molecule has 0 spiro atoms. The lowest BCUT2D eigenvalue weighted by Crippen LogP contribution is -2.11. The molecule has 0 unspecified atom stereocenters. The van der Waals surface area contributed by atoms with Crippen LogP contribution >= 0.6 is 0 Å². The first kappa shape index (κ1) is 13.8. The van der Waals surface area contributed by atoms with Crippen molar-refractivity contribution in [1.82, 2.24) is 19.6 Å². The van der Waals surface area contributed by atoms with Crippen molar-refractivity contribution in [1.29, 1.82) is 0 Å². The van der Waals surface area contributed by atoms with Crippen molar-refractivity contribution < 1.29 is 9.90 Å². The Labute approximate surface area is 125 Å². The van der Waals surface area contributed by atoms with Crippen molar-refractivity contribution in [3.05, 3.63) is 48.3 Å². The third-order valence-electron chi connectivity index (χ3n) is 3.09. The highest BCUT2D eigenvalue weighted by Gasteiger charge is 2.11. The van der Waals surface area contributed by atoms with Crippen molar-refractivity contribution in [2.24, 2.45) is 0 Å². The fourth-order valence-electron chi connectivity index (χ4n) is 2.10. The zero-order valence-corrected chi connectivity index (χ0v) is 11.6. The molecule has 112 valence electrons. The molecule has 22 heavy (non-hydrogen) atoms. The number of hydrogen-bond donors (Lipinski definition) is 3. The molecule has 2 aromatic heterocycles. The highest BCUT2D eigenvalue weighted by molar-refractivity contribution is 5.81. The van der Waals surface area contributed by atoms with Crippen LogP contribution in [0.25, 0.3) is 5.65 Å². The maximum absolute atomic E-state index is 10.7. The van der Waals surface area contributed by atoms with E-state index in [1.807, 2.05) is 18.2 Å². The van der Waals surface area contributed by atoms with E-state index in [2.05, 4.69) is 37.9 Å². The molecule has 8 nitrogen and oxygen atoms in total. The molecule has 0 atom stereocenters. The van der Waals surface area contributed by atoms with Crippen LogP contribution in [0.1, 0.15) is 5.56 Å². The maximum Gasteiger partial charge on any atom is 0.411 e. The van der Waals surface area contributed by atoms with Gasteiger partial charge in [-0.15, -0.1) is 10.2 Å². The van der Waals surface area contributed by atoms with Gasteiger partial charge in [0.2, 0.25) is 11.6 Å². The second kappa shape index (κ2) is 6.08. The maximum atomic E-state index is 10.7. The van der Waals surface area contributed by atoms with Crippen LogP contribution in [0.2, 0.25) is 0 Å². The summed E-state index contributed by atoms with van der Waals surface area (Å²) in [6, 6.07) is 10.1. The number of rotatable bonds is 5. The van der Waals surface area contributed by atoms with E-state index in [0.717, 1.165) is 6.42 Å². The molecule has 0 saturated carbocycles. The van der Waals surface area contributed by atoms with E-state index in [0.29, 0.717) is 18.0 Å². The fraction of sp³-hybridized carbons (Fsp3) is 0.143. The second-order valence-corrected chi connectivity index (χ2v) is 4.59. The highest BCUT2D eigenvalue weighted by atomic mass is 16.4. The zero-order chi connectivity index (χ0) is 15.4. The number of nitrogens with one attached hydrogen (secondary N) is 2. The van der Waals surface area contributed by atoms with E-state index < -0.39 is 6.09 Å². The van der Waals surface area contributed by atoms with E-state index in [1.165, 1.54) is 9.96 Å². The lowest BCUT2D eigenvalue weighted by molar-refractivity contribution is 0.209. The molecule has 3 N–H and O–H groups in total. The summed E-state index contributed by atoms with van der Waals surface area (Å²) in [5.41, 5.74) is 1.69. The smallest absolute Gasteiger partial charge is 0.411 e. The molecule has 0 aliphatic heterocycles. The predicted molar refractivity (Wildman–Crippen MR) is 81.1 cm³/mol. The highest BCUT2D eigenvalue weighted by Crippen LogP contribution is 2.15. The average molecular weight is 298 g/mol. The molecule has 0 aliphatic rings. The lowest BCUT2D eigenvalue weighted by atomic mass is 10.1. The van der Waals surface area contributed by atoms with Crippen LogP contribution < -0.4 is 10.6 Å². The molecule has 3 aromatic rings. The number of aromatic nitrogens is 4. The Morgan fingerprint density at radius 3 is 2.82 bits per heavy atom. The third-order valence-corrected chi connectivity index (χ3v) is 3.09. The summed E-state index contributed by atoms with van der Waals surface area (Å²) in [6.07, 6.45) is 2.82. The van der Waals surface area contributed by atoms with Gasteiger partial charge >= 0.3 is 6.09 Å². The van der Waals surface area contributed by atoms with Crippen molar-refractivity contribution in [3.8, 4) is 0 Å². The second-order valence-electron chi connectivity index (χ2n) is 4.59. The van der Waals surface area contributed by atoms with Gasteiger partial charge in [-0.2, -0.15) is 0 Å². The zero-order valence-electron chi connectivity index (χ0n) is 11.6. The number of carboxylic acid groups (broad SMARTS) is 1. The van der Waals surface area contributed by atoms with Crippen LogP contribution in [-0.2, 0) is 6.42 Å². The Morgan fingerprint density at radius 1 is 1.23 bits per heavy atom. The Morgan fingerprint density at radius 2 is 2.05 bits per heavy atom. The summed E-state index contributed by atoms with van der Waals surface area (Å²) < 4.78 is 1.53. The molecule has 8 heteroatoms. The molecule has 1 amide bonds. The van der Waals surface area contributed by atoms with Crippen LogP contribution in [0.15, 0.2) is 42.7 Å². The third kappa shape index (κ3) is 2.95. The van der Waals surface area contributed by atoms with Gasteiger partial charge in [-0.3, -0.25) is 9.72 Å². The van der Waals surface area contributed by atoms with Crippen molar-refractivity contribution >= 4 is 23.5 Å². The summed E-state index contributed by atoms with van der Waals surface area (Å²) >= 11 is 0. The molecule has 2 heterocycles. The SMILES string of the molecule is O=C(O)Nc1nnc2c(NCCc3ccccc3)nccn12. The van der Waals surface area contributed by atoms with E-state index in [-0.39, 0.29) is 5.95 Å². The van der Waals surface area contributed by atoms with E-state index in [9.17, 15) is 4.79 Å². The number of amides is 1. The minimum Gasteiger partial charge on any atom is -0.465 e. The van der Waals surface area contributed by atoms with Gasteiger partial charge in [-0.25, -0.2) is 9.78 Å². The summed E-state index contributed by atoms with van der Waals surface area (Å²) in [7, 11) is 0. The summed E-state index contributed by atoms with van der Waals surface area (Å²) in [5.74, 6) is 0.695. The van der Waals surface area contributed by atoms with E-state index >= 15 is 0 Å². The van der Waals surface area contributed by atoms with Crippen LogP contribution in [0.4, 0.5) is 16.6 Å². The Bertz CT molecular complexity index is 786. The number of nitrogens with zero attached hydrogens (tertiary/aromatic N) is 4. The van der Waals surface area contributed by atoms with Gasteiger partial charge in [-0.05, 0) is 12.0 Å². The number of carbonyl (C=O) groups is 1. The molecule has 0 aliphatic carbocycles. The fourth-order valence-corrected chi connectivity index (χ4v) is 2.10. The van der Waals surface area contributed by atoms with Crippen LogP contribution in [-0.4, -0.2) is 37.3 Å². The largest absolute Gasteiger partial charge is 0.465 e.